The van der Waals surface area contributed by atoms with Gasteiger partial charge in [-0.25, -0.2) is 4.79 Å². The zero-order valence-electron chi connectivity index (χ0n) is 13.7. The van der Waals surface area contributed by atoms with E-state index in [0.717, 1.165) is 16.5 Å². The SMILES string of the molecule is CCc1cc(=O)oc2cc(C)cc(OCC(=O)c3ccccc3)c12. The molecule has 4 nitrogen and oxygen atoms in total. The molecular formula is C20H18O4. The first kappa shape index (κ1) is 16.0. The number of aryl methyl sites for hydroxylation is 2. The molecule has 0 N–H and O–H groups in total. The van der Waals surface area contributed by atoms with Gasteiger partial charge in [0.2, 0.25) is 0 Å². The van der Waals surface area contributed by atoms with Gasteiger partial charge in [0.15, 0.2) is 12.4 Å². The Morgan fingerprint density at radius 1 is 1.12 bits per heavy atom. The van der Waals surface area contributed by atoms with E-state index in [0.29, 0.717) is 23.3 Å². The van der Waals surface area contributed by atoms with Crippen LogP contribution in [0.5, 0.6) is 5.75 Å². The molecule has 0 spiro atoms. The van der Waals surface area contributed by atoms with Crippen LogP contribution in [0.25, 0.3) is 11.0 Å². The molecule has 0 bridgehead atoms. The molecule has 0 unspecified atom stereocenters. The molecule has 2 aromatic carbocycles. The third kappa shape index (κ3) is 3.23. The second-order valence-corrected chi connectivity index (χ2v) is 5.66. The number of fused-ring (bicyclic) bond motifs is 1. The molecule has 24 heavy (non-hydrogen) atoms. The lowest BCUT2D eigenvalue weighted by Crippen LogP contribution is -2.12. The van der Waals surface area contributed by atoms with Gasteiger partial charge in [-0.05, 0) is 36.6 Å². The Morgan fingerprint density at radius 3 is 2.58 bits per heavy atom. The van der Waals surface area contributed by atoms with Crippen LogP contribution in [0, 0.1) is 6.92 Å². The fraction of sp³-hybridized carbons (Fsp3) is 0.200. The number of benzene rings is 2. The van der Waals surface area contributed by atoms with Crippen molar-refractivity contribution in [3.8, 4) is 5.75 Å². The predicted octanol–water partition coefficient (Wildman–Crippen LogP) is 3.93. The summed E-state index contributed by atoms with van der Waals surface area (Å²) in [4.78, 5) is 23.9. The van der Waals surface area contributed by atoms with Crippen molar-refractivity contribution in [2.45, 2.75) is 20.3 Å². The highest BCUT2D eigenvalue weighted by molar-refractivity contribution is 5.97. The average Bonchev–Trinajstić information content (AvgIpc) is 2.58. The second-order valence-electron chi connectivity index (χ2n) is 5.66. The van der Waals surface area contributed by atoms with Crippen molar-refractivity contribution < 1.29 is 13.9 Å². The average molecular weight is 322 g/mol. The number of ketones is 1. The number of hydrogen-bond donors (Lipinski definition) is 0. The Labute approximate surface area is 139 Å². The minimum absolute atomic E-state index is 0.0646. The maximum absolute atomic E-state index is 12.2. The largest absolute Gasteiger partial charge is 0.485 e. The molecule has 1 heterocycles. The minimum Gasteiger partial charge on any atom is -0.485 e. The molecule has 0 saturated carbocycles. The fourth-order valence-electron chi connectivity index (χ4n) is 2.71. The van der Waals surface area contributed by atoms with Gasteiger partial charge in [0.25, 0.3) is 0 Å². The summed E-state index contributed by atoms with van der Waals surface area (Å²) in [5.41, 5.74) is 2.47. The molecule has 0 saturated heterocycles. The van der Waals surface area contributed by atoms with Gasteiger partial charge in [-0.1, -0.05) is 37.3 Å². The Hall–Kier alpha value is -2.88. The Balaban J connectivity index is 1.97. The number of carbonyl (C=O) groups excluding carboxylic acids is 1. The van der Waals surface area contributed by atoms with Crippen molar-refractivity contribution >= 4 is 16.8 Å². The predicted molar refractivity (Wildman–Crippen MR) is 92.9 cm³/mol. The van der Waals surface area contributed by atoms with E-state index in [-0.39, 0.29) is 18.0 Å². The quantitative estimate of drug-likeness (QED) is 0.527. The van der Waals surface area contributed by atoms with Gasteiger partial charge in [0, 0.05) is 11.6 Å². The number of Topliss-reactive ketones (excluding diaryl/α,β-unsaturated/α-hetero) is 1. The van der Waals surface area contributed by atoms with Crippen molar-refractivity contribution in [1.82, 2.24) is 0 Å². The van der Waals surface area contributed by atoms with Crippen LogP contribution in [-0.2, 0) is 6.42 Å². The first-order valence-electron chi connectivity index (χ1n) is 7.87. The van der Waals surface area contributed by atoms with Gasteiger partial charge < -0.3 is 9.15 Å². The summed E-state index contributed by atoms with van der Waals surface area (Å²) in [7, 11) is 0. The van der Waals surface area contributed by atoms with Crippen LogP contribution in [0.2, 0.25) is 0 Å². The maximum atomic E-state index is 12.2. The lowest BCUT2D eigenvalue weighted by Gasteiger charge is -2.12. The van der Waals surface area contributed by atoms with E-state index in [1.807, 2.05) is 44.2 Å². The zero-order chi connectivity index (χ0) is 17.1. The Morgan fingerprint density at radius 2 is 1.88 bits per heavy atom. The molecule has 0 aliphatic rings. The van der Waals surface area contributed by atoms with Crippen LogP contribution in [0.1, 0.15) is 28.4 Å². The molecule has 0 amide bonds. The number of hydrogen-bond acceptors (Lipinski definition) is 4. The topological polar surface area (TPSA) is 56.5 Å². The lowest BCUT2D eigenvalue weighted by molar-refractivity contribution is 0.0922. The Kier molecular flexibility index (Phi) is 4.47. The highest BCUT2D eigenvalue weighted by atomic mass is 16.5. The fourth-order valence-corrected chi connectivity index (χ4v) is 2.71. The standard InChI is InChI=1S/C20H18O4/c1-3-14-11-19(22)24-18-10-13(2)9-17(20(14)18)23-12-16(21)15-7-5-4-6-8-15/h4-11H,3,12H2,1-2H3. The first-order chi connectivity index (χ1) is 11.6. The van der Waals surface area contributed by atoms with Gasteiger partial charge in [-0.3, -0.25) is 4.79 Å². The molecule has 0 fully saturated rings. The van der Waals surface area contributed by atoms with Crippen LogP contribution in [0.4, 0.5) is 0 Å². The minimum atomic E-state index is -0.378. The van der Waals surface area contributed by atoms with E-state index in [4.69, 9.17) is 9.15 Å². The molecule has 0 radical (unpaired) electrons. The van der Waals surface area contributed by atoms with Gasteiger partial charge in [0.05, 0.1) is 5.39 Å². The van der Waals surface area contributed by atoms with Crippen LogP contribution in [0.3, 0.4) is 0 Å². The molecule has 122 valence electrons. The van der Waals surface area contributed by atoms with Crippen molar-refractivity contribution in [2.24, 2.45) is 0 Å². The van der Waals surface area contributed by atoms with Crippen LogP contribution >= 0.6 is 0 Å². The molecule has 4 heteroatoms. The molecule has 3 rings (SSSR count). The van der Waals surface area contributed by atoms with E-state index in [9.17, 15) is 9.59 Å². The lowest BCUT2D eigenvalue weighted by atomic mass is 10.0. The highest BCUT2D eigenvalue weighted by Crippen LogP contribution is 2.30. The van der Waals surface area contributed by atoms with Gasteiger partial charge in [-0.2, -0.15) is 0 Å². The van der Waals surface area contributed by atoms with Crippen molar-refractivity contribution in [2.75, 3.05) is 6.61 Å². The van der Waals surface area contributed by atoms with Crippen molar-refractivity contribution in [3.05, 3.63) is 75.6 Å². The van der Waals surface area contributed by atoms with Crippen molar-refractivity contribution in [3.63, 3.8) is 0 Å². The summed E-state index contributed by atoms with van der Waals surface area (Å²) in [5, 5.41) is 0.753. The number of carbonyl (C=O) groups is 1. The van der Waals surface area contributed by atoms with Gasteiger partial charge in [0.1, 0.15) is 11.3 Å². The monoisotopic (exact) mass is 322 g/mol. The smallest absolute Gasteiger partial charge is 0.336 e. The molecular weight excluding hydrogens is 304 g/mol. The zero-order valence-corrected chi connectivity index (χ0v) is 13.7. The third-order valence-electron chi connectivity index (χ3n) is 3.87. The van der Waals surface area contributed by atoms with E-state index in [1.54, 1.807) is 12.1 Å². The maximum Gasteiger partial charge on any atom is 0.336 e. The van der Waals surface area contributed by atoms with Gasteiger partial charge >= 0.3 is 5.63 Å². The normalized spacial score (nSPS) is 10.8. The van der Waals surface area contributed by atoms with Crippen molar-refractivity contribution in [1.29, 1.82) is 0 Å². The number of rotatable bonds is 5. The van der Waals surface area contributed by atoms with E-state index < -0.39 is 0 Å². The van der Waals surface area contributed by atoms with Gasteiger partial charge in [-0.15, -0.1) is 0 Å². The van der Waals surface area contributed by atoms with Crippen LogP contribution in [-0.4, -0.2) is 12.4 Å². The molecule has 1 aromatic heterocycles. The van der Waals surface area contributed by atoms with Crippen LogP contribution < -0.4 is 10.4 Å². The summed E-state index contributed by atoms with van der Waals surface area (Å²) in [6, 6.07) is 14.2. The molecule has 0 atom stereocenters. The molecule has 0 aliphatic carbocycles. The first-order valence-corrected chi connectivity index (χ1v) is 7.87. The molecule has 3 aromatic rings. The summed E-state index contributed by atoms with van der Waals surface area (Å²) in [5.74, 6) is 0.468. The third-order valence-corrected chi connectivity index (χ3v) is 3.87. The Bertz CT molecular complexity index is 939. The molecule has 0 aliphatic heterocycles. The highest BCUT2D eigenvalue weighted by Gasteiger charge is 2.13. The van der Waals surface area contributed by atoms with E-state index >= 15 is 0 Å². The summed E-state index contributed by atoms with van der Waals surface area (Å²) in [6.45, 7) is 3.79. The summed E-state index contributed by atoms with van der Waals surface area (Å²) >= 11 is 0. The summed E-state index contributed by atoms with van der Waals surface area (Å²) in [6.07, 6.45) is 0.675. The van der Waals surface area contributed by atoms with Crippen LogP contribution in [0.15, 0.2) is 57.7 Å². The van der Waals surface area contributed by atoms with E-state index in [2.05, 4.69) is 0 Å². The van der Waals surface area contributed by atoms with E-state index in [1.165, 1.54) is 6.07 Å². The number of ether oxygens (including phenoxy) is 1. The summed E-state index contributed by atoms with van der Waals surface area (Å²) < 4.78 is 11.1. The second kappa shape index (κ2) is 6.71.